The molecule has 1 rings (SSSR count). The molecule has 0 saturated heterocycles. The summed E-state index contributed by atoms with van der Waals surface area (Å²) in [7, 11) is 1.64. The van der Waals surface area contributed by atoms with Crippen molar-refractivity contribution in [2.45, 2.75) is 39.2 Å². The molecular weight excluding hydrogens is 214 g/mol. The summed E-state index contributed by atoms with van der Waals surface area (Å²) >= 11 is 0. The van der Waals surface area contributed by atoms with E-state index in [0.717, 1.165) is 11.3 Å². The lowest BCUT2D eigenvalue weighted by molar-refractivity contribution is 0.0968. The second-order valence-electron chi connectivity index (χ2n) is 5.32. The van der Waals surface area contributed by atoms with Gasteiger partial charge in [-0.3, -0.25) is 4.79 Å². The largest absolute Gasteiger partial charge is 0.496 e. The highest BCUT2D eigenvalue weighted by atomic mass is 16.5. The number of ether oxygens (including phenoxy) is 1. The maximum Gasteiger partial charge on any atom is 0.179 e. The van der Waals surface area contributed by atoms with Gasteiger partial charge < -0.3 is 10.5 Å². The molecule has 3 nitrogen and oxygen atoms in total. The lowest BCUT2D eigenvalue weighted by Gasteiger charge is -2.23. The highest BCUT2D eigenvalue weighted by molar-refractivity contribution is 6.00. The average Bonchev–Trinajstić information content (AvgIpc) is 2.25. The summed E-state index contributed by atoms with van der Waals surface area (Å²) < 4.78 is 5.32. The summed E-state index contributed by atoms with van der Waals surface area (Å²) in [5, 5.41) is 0. The molecule has 0 aromatic heterocycles. The van der Waals surface area contributed by atoms with Crippen LogP contribution in [0.1, 0.15) is 43.6 Å². The molecule has 0 bridgehead atoms. The lowest BCUT2D eigenvalue weighted by Crippen LogP contribution is -2.27. The first-order valence-corrected chi connectivity index (χ1v) is 5.75. The molecule has 94 valence electrons. The molecule has 17 heavy (non-hydrogen) atoms. The quantitative estimate of drug-likeness (QED) is 0.819. The van der Waals surface area contributed by atoms with Gasteiger partial charge in [0.15, 0.2) is 5.78 Å². The van der Waals surface area contributed by atoms with Crippen molar-refractivity contribution in [2.75, 3.05) is 7.11 Å². The number of hydrogen-bond acceptors (Lipinski definition) is 3. The second-order valence-corrected chi connectivity index (χ2v) is 5.32. The molecule has 0 aliphatic heterocycles. The molecule has 0 amide bonds. The molecule has 1 aromatic carbocycles. The smallest absolute Gasteiger partial charge is 0.179 e. The fourth-order valence-corrected chi connectivity index (χ4v) is 1.71. The van der Waals surface area contributed by atoms with Crippen molar-refractivity contribution in [1.29, 1.82) is 0 Å². The first kappa shape index (κ1) is 13.7. The van der Waals surface area contributed by atoms with Gasteiger partial charge in [-0.15, -0.1) is 0 Å². The van der Waals surface area contributed by atoms with Gasteiger partial charge in [-0.2, -0.15) is 0 Å². The standard InChI is InChI=1S/C14H21NO2/c1-9(15)13(16)10-6-7-12(17-5)11(8-10)14(2,3)4/h6-9H,15H2,1-5H3. The summed E-state index contributed by atoms with van der Waals surface area (Å²) in [5.74, 6) is 0.761. The van der Waals surface area contributed by atoms with Gasteiger partial charge in [-0.05, 0) is 30.5 Å². The van der Waals surface area contributed by atoms with Gasteiger partial charge in [-0.1, -0.05) is 20.8 Å². The van der Waals surface area contributed by atoms with E-state index in [1.165, 1.54) is 0 Å². The molecule has 0 heterocycles. The Labute approximate surface area is 103 Å². The van der Waals surface area contributed by atoms with E-state index in [0.29, 0.717) is 5.56 Å². The molecular formula is C14H21NO2. The predicted octanol–water partition coefficient (Wildman–Crippen LogP) is 2.52. The van der Waals surface area contributed by atoms with Crippen molar-refractivity contribution >= 4 is 5.78 Å². The number of Topliss-reactive ketones (excluding diaryl/α,β-unsaturated/α-hetero) is 1. The van der Waals surface area contributed by atoms with E-state index in [1.807, 2.05) is 12.1 Å². The molecule has 0 radical (unpaired) electrons. The normalized spacial score (nSPS) is 13.3. The summed E-state index contributed by atoms with van der Waals surface area (Å²) in [5.41, 5.74) is 7.21. The number of nitrogens with two attached hydrogens (primary N) is 1. The van der Waals surface area contributed by atoms with E-state index in [4.69, 9.17) is 10.5 Å². The third kappa shape index (κ3) is 3.07. The summed E-state index contributed by atoms with van der Waals surface area (Å²) in [6.45, 7) is 7.96. The molecule has 0 aliphatic carbocycles. The molecule has 3 heteroatoms. The van der Waals surface area contributed by atoms with Gasteiger partial charge in [0.2, 0.25) is 0 Å². The van der Waals surface area contributed by atoms with E-state index in [2.05, 4.69) is 20.8 Å². The maximum absolute atomic E-state index is 11.9. The number of benzene rings is 1. The van der Waals surface area contributed by atoms with Gasteiger partial charge in [0.25, 0.3) is 0 Å². The van der Waals surface area contributed by atoms with Crippen LogP contribution in [0.2, 0.25) is 0 Å². The fourth-order valence-electron chi connectivity index (χ4n) is 1.71. The number of rotatable bonds is 3. The molecule has 2 N–H and O–H groups in total. The highest BCUT2D eigenvalue weighted by Gasteiger charge is 2.21. The zero-order chi connectivity index (χ0) is 13.2. The Hall–Kier alpha value is -1.35. The van der Waals surface area contributed by atoms with E-state index in [-0.39, 0.29) is 11.2 Å². The first-order valence-electron chi connectivity index (χ1n) is 5.75. The van der Waals surface area contributed by atoms with Crippen molar-refractivity contribution in [1.82, 2.24) is 0 Å². The number of methoxy groups -OCH3 is 1. The summed E-state index contributed by atoms with van der Waals surface area (Å²) in [6.07, 6.45) is 0. The Morgan fingerprint density at radius 1 is 1.35 bits per heavy atom. The SMILES string of the molecule is COc1ccc(C(=O)C(C)N)cc1C(C)(C)C. The maximum atomic E-state index is 11.9. The first-order chi connectivity index (χ1) is 7.77. The van der Waals surface area contributed by atoms with Crippen LogP contribution in [-0.2, 0) is 5.41 Å². The van der Waals surface area contributed by atoms with Crippen molar-refractivity contribution in [3.05, 3.63) is 29.3 Å². The zero-order valence-electron chi connectivity index (χ0n) is 11.2. The van der Waals surface area contributed by atoms with Crippen molar-refractivity contribution in [3.63, 3.8) is 0 Å². The molecule has 1 atom stereocenters. The van der Waals surface area contributed by atoms with Gasteiger partial charge in [-0.25, -0.2) is 0 Å². The number of carbonyl (C=O) groups excluding carboxylic acids is 1. The Morgan fingerprint density at radius 2 is 1.94 bits per heavy atom. The minimum Gasteiger partial charge on any atom is -0.496 e. The monoisotopic (exact) mass is 235 g/mol. The van der Waals surface area contributed by atoms with Gasteiger partial charge in [0, 0.05) is 11.1 Å². The highest BCUT2D eigenvalue weighted by Crippen LogP contribution is 2.32. The van der Waals surface area contributed by atoms with Crippen molar-refractivity contribution in [2.24, 2.45) is 5.73 Å². The van der Waals surface area contributed by atoms with E-state index in [1.54, 1.807) is 20.1 Å². The Balaban J connectivity index is 3.28. The van der Waals surface area contributed by atoms with E-state index in [9.17, 15) is 4.79 Å². The van der Waals surface area contributed by atoms with Crippen LogP contribution in [0.4, 0.5) is 0 Å². The zero-order valence-corrected chi connectivity index (χ0v) is 11.2. The molecule has 1 unspecified atom stereocenters. The molecule has 0 aliphatic rings. The van der Waals surface area contributed by atoms with Crippen molar-refractivity contribution < 1.29 is 9.53 Å². The molecule has 0 fully saturated rings. The average molecular weight is 235 g/mol. The third-order valence-corrected chi connectivity index (χ3v) is 2.71. The fraction of sp³-hybridized carbons (Fsp3) is 0.500. The van der Waals surface area contributed by atoms with Crippen LogP contribution in [0.3, 0.4) is 0 Å². The van der Waals surface area contributed by atoms with Crippen LogP contribution in [0.25, 0.3) is 0 Å². The minimum absolute atomic E-state index is 0.0434. The second kappa shape index (κ2) is 4.88. The van der Waals surface area contributed by atoms with Crippen LogP contribution in [0, 0.1) is 0 Å². The Bertz CT molecular complexity index is 417. The topological polar surface area (TPSA) is 52.3 Å². The Kier molecular flexibility index (Phi) is 3.94. The Morgan fingerprint density at radius 3 is 2.35 bits per heavy atom. The summed E-state index contributed by atoms with van der Waals surface area (Å²) in [4.78, 5) is 11.9. The number of carbonyl (C=O) groups is 1. The predicted molar refractivity (Wildman–Crippen MR) is 69.7 cm³/mol. The third-order valence-electron chi connectivity index (χ3n) is 2.71. The van der Waals surface area contributed by atoms with E-state index >= 15 is 0 Å². The van der Waals surface area contributed by atoms with Crippen LogP contribution in [0.15, 0.2) is 18.2 Å². The minimum atomic E-state index is -0.476. The van der Waals surface area contributed by atoms with Crippen LogP contribution in [0.5, 0.6) is 5.75 Å². The van der Waals surface area contributed by atoms with E-state index < -0.39 is 6.04 Å². The van der Waals surface area contributed by atoms with Crippen LogP contribution >= 0.6 is 0 Å². The number of ketones is 1. The molecule has 1 aromatic rings. The van der Waals surface area contributed by atoms with Crippen molar-refractivity contribution in [3.8, 4) is 5.75 Å². The summed E-state index contributed by atoms with van der Waals surface area (Å²) in [6, 6.07) is 5.00. The molecule has 0 saturated carbocycles. The van der Waals surface area contributed by atoms with Crippen LogP contribution in [-0.4, -0.2) is 18.9 Å². The van der Waals surface area contributed by atoms with Gasteiger partial charge >= 0.3 is 0 Å². The number of hydrogen-bond donors (Lipinski definition) is 1. The lowest BCUT2D eigenvalue weighted by atomic mass is 9.84. The van der Waals surface area contributed by atoms with Gasteiger partial charge in [0.1, 0.15) is 5.75 Å². The molecule has 0 spiro atoms. The van der Waals surface area contributed by atoms with Gasteiger partial charge in [0.05, 0.1) is 13.2 Å². The van der Waals surface area contributed by atoms with Crippen LogP contribution < -0.4 is 10.5 Å².